The van der Waals surface area contributed by atoms with Crippen LogP contribution in [0, 0.1) is 5.82 Å². The maximum absolute atomic E-state index is 13.9. The van der Waals surface area contributed by atoms with Crippen molar-refractivity contribution in [2.45, 2.75) is 5.75 Å². The van der Waals surface area contributed by atoms with Gasteiger partial charge in [-0.25, -0.2) is 4.39 Å². The van der Waals surface area contributed by atoms with Gasteiger partial charge in [0.25, 0.3) is 0 Å². The molecule has 0 saturated carbocycles. The van der Waals surface area contributed by atoms with Crippen molar-refractivity contribution in [1.82, 2.24) is 15.0 Å². The maximum Gasteiger partial charge on any atom is 0.236 e. The zero-order chi connectivity index (χ0) is 20.9. The van der Waals surface area contributed by atoms with Gasteiger partial charge in [0.1, 0.15) is 5.82 Å². The molecular weight excluding hydrogens is 427 g/mol. The highest BCUT2D eigenvalue weighted by Crippen LogP contribution is 2.22. The Morgan fingerprint density at radius 1 is 1.10 bits per heavy atom. The van der Waals surface area contributed by atoms with Gasteiger partial charge < -0.3 is 14.3 Å². The minimum Gasteiger partial charge on any atom is -0.366 e. The van der Waals surface area contributed by atoms with E-state index in [-0.39, 0.29) is 11.7 Å². The van der Waals surface area contributed by atoms with Gasteiger partial charge in [-0.15, -0.1) is 11.8 Å². The molecule has 1 aromatic heterocycles. The summed E-state index contributed by atoms with van der Waals surface area (Å²) in [7, 11) is 0. The van der Waals surface area contributed by atoms with E-state index in [1.54, 1.807) is 24.3 Å². The van der Waals surface area contributed by atoms with Gasteiger partial charge in [-0.1, -0.05) is 28.9 Å². The number of carbonyl (C=O) groups excluding carboxylic acids is 1. The Bertz CT molecular complexity index is 1010. The predicted octanol–water partition coefficient (Wildman–Crippen LogP) is 4.11. The van der Waals surface area contributed by atoms with Crippen LogP contribution >= 0.6 is 23.4 Å². The topological polar surface area (TPSA) is 62.5 Å². The largest absolute Gasteiger partial charge is 0.366 e. The molecule has 2 heterocycles. The first-order valence-corrected chi connectivity index (χ1v) is 11.1. The van der Waals surface area contributed by atoms with E-state index in [9.17, 15) is 9.18 Å². The second-order valence-electron chi connectivity index (χ2n) is 6.83. The highest BCUT2D eigenvalue weighted by molar-refractivity contribution is 7.99. The first kappa shape index (κ1) is 20.7. The summed E-state index contributed by atoms with van der Waals surface area (Å²) in [6, 6.07) is 13.9. The quantitative estimate of drug-likeness (QED) is 0.567. The molecule has 6 nitrogen and oxygen atoms in total. The van der Waals surface area contributed by atoms with Crippen molar-refractivity contribution in [1.29, 1.82) is 0 Å². The molecule has 156 valence electrons. The van der Waals surface area contributed by atoms with Crippen molar-refractivity contribution in [3.63, 3.8) is 0 Å². The molecule has 4 rings (SSSR count). The highest BCUT2D eigenvalue weighted by atomic mass is 35.5. The number of thioether (sulfide) groups is 1. The lowest BCUT2D eigenvalue weighted by molar-refractivity contribution is -0.128. The number of hydrogen-bond acceptors (Lipinski definition) is 6. The second kappa shape index (κ2) is 9.49. The van der Waals surface area contributed by atoms with Crippen LogP contribution in [0.4, 0.5) is 10.1 Å². The lowest BCUT2D eigenvalue weighted by Crippen LogP contribution is -2.49. The third-order valence-corrected chi connectivity index (χ3v) is 6.00. The average molecular weight is 447 g/mol. The Morgan fingerprint density at radius 3 is 2.57 bits per heavy atom. The molecule has 0 aliphatic carbocycles. The van der Waals surface area contributed by atoms with Gasteiger partial charge in [-0.2, -0.15) is 4.98 Å². The van der Waals surface area contributed by atoms with Crippen LogP contribution in [0.3, 0.4) is 0 Å². The van der Waals surface area contributed by atoms with Crippen LogP contribution in [0.1, 0.15) is 5.89 Å². The molecule has 1 aliphatic rings. The van der Waals surface area contributed by atoms with E-state index >= 15 is 0 Å². The van der Waals surface area contributed by atoms with Gasteiger partial charge in [0.05, 0.1) is 17.2 Å². The van der Waals surface area contributed by atoms with Crippen molar-refractivity contribution in [2.24, 2.45) is 0 Å². The number of benzene rings is 2. The zero-order valence-electron chi connectivity index (χ0n) is 16.1. The summed E-state index contributed by atoms with van der Waals surface area (Å²) in [6.07, 6.45) is 0. The molecule has 1 saturated heterocycles. The van der Waals surface area contributed by atoms with Crippen LogP contribution in [0.25, 0.3) is 11.4 Å². The number of piperazine rings is 1. The van der Waals surface area contributed by atoms with E-state index < -0.39 is 0 Å². The molecule has 1 fully saturated rings. The molecule has 3 aromatic rings. The lowest BCUT2D eigenvalue weighted by atomic mass is 10.2. The summed E-state index contributed by atoms with van der Waals surface area (Å²) >= 11 is 7.33. The van der Waals surface area contributed by atoms with E-state index in [2.05, 4.69) is 10.1 Å². The fourth-order valence-electron chi connectivity index (χ4n) is 3.25. The third-order valence-electron chi connectivity index (χ3n) is 4.85. The van der Waals surface area contributed by atoms with Crippen molar-refractivity contribution >= 4 is 35.0 Å². The van der Waals surface area contributed by atoms with Crippen LogP contribution in [0.15, 0.2) is 53.1 Å². The van der Waals surface area contributed by atoms with Gasteiger partial charge in [-0.05, 0) is 36.4 Å². The normalized spacial score (nSPS) is 14.2. The minimum absolute atomic E-state index is 0.0608. The van der Waals surface area contributed by atoms with Gasteiger partial charge in [0.15, 0.2) is 0 Å². The van der Waals surface area contributed by atoms with Gasteiger partial charge in [-0.3, -0.25) is 4.79 Å². The molecule has 0 N–H and O–H groups in total. The van der Waals surface area contributed by atoms with E-state index in [0.717, 1.165) is 5.56 Å². The molecule has 2 aromatic carbocycles. The number of amides is 1. The summed E-state index contributed by atoms with van der Waals surface area (Å²) < 4.78 is 19.2. The SMILES string of the molecule is O=C(CSCc1nc(-c2ccc(Cl)cc2)no1)N1CCN(c2ccccc2F)CC1. The molecule has 0 spiro atoms. The number of carbonyl (C=O) groups is 1. The van der Waals surface area contributed by atoms with Crippen LogP contribution in [-0.4, -0.2) is 52.9 Å². The Balaban J connectivity index is 1.23. The van der Waals surface area contributed by atoms with E-state index in [4.69, 9.17) is 16.1 Å². The smallest absolute Gasteiger partial charge is 0.236 e. The zero-order valence-corrected chi connectivity index (χ0v) is 17.7. The van der Waals surface area contributed by atoms with Crippen LogP contribution in [-0.2, 0) is 10.5 Å². The Labute approximate surface area is 183 Å². The molecule has 0 bridgehead atoms. The molecule has 9 heteroatoms. The molecular formula is C21H20ClFN4O2S. The summed E-state index contributed by atoms with van der Waals surface area (Å²) in [6.45, 7) is 2.39. The minimum atomic E-state index is -0.231. The van der Waals surface area contributed by atoms with Crippen molar-refractivity contribution in [2.75, 3.05) is 36.8 Å². The second-order valence-corrected chi connectivity index (χ2v) is 8.25. The fourth-order valence-corrected chi connectivity index (χ4v) is 4.13. The van der Waals surface area contributed by atoms with Gasteiger partial charge in [0, 0.05) is 36.8 Å². The summed E-state index contributed by atoms with van der Waals surface area (Å²) in [5.74, 6) is 1.59. The number of aromatic nitrogens is 2. The monoisotopic (exact) mass is 446 g/mol. The van der Waals surface area contributed by atoms with Crippen molar-refractivity contribution < 1.29 is 13.7 Å². The van der Waals surface area contributed by atoms with E-state index in [0.29, 0.717) is 60.1 Å². The number of anilines is 1. The first-order valence-electron chi connectivity index (χ1n) is 9.53. The number of para-hydroxylation sites is 1. The van der Waals surface area contributed by atoms with Crippen molar-refractivity contribution in [3.05, 3.63) is 65.3 Å². The molecule has 1 aliphatic heterocycles. The molecule has 0 radical (unpaired) electrons. The Hall–Kier alpha value is -2.58. The third kappa shape index (κ3) is 4.94. The van der Waals surface area contributed by atoms with E-state index in [1.807, 2.05) is 28.0 Å². The predicted molar refractivity (Wildman–Crippen MR) is 116 cm³/mol. The fraction of sp³-hybridized carbons (Fsp3) is 0.286. The first-order chi connectivity index (χ1) is 14.6. The van der Waals surface area contributed by atoms with Gasteiger partial charge >= 0.3 is 0 Å². The standard InChI is InChI=1S/C21H20ClFN4O2S/c22-16-7-5-15(6-8-16)21-24-19(29-25-21)13-30-14-20(28)27-11-9-26(10-12-27)18-4-2-1-3-17(18)23/h1-8H,9-14H2. The Kier molecular flexibility index (Phi) is 6.54. The molecule has 0 unspecified atom stereocenters. The summed E-state index contributed by atoms with van der Waals surface area (Å²) in [5.41, 5.74) is 1.41. The van der Waals surface area contributed by atoms with Crippen LogP contribution < -0.4 is 4.90 Å². The summed E-state index contributed by atoms with van der Waals surface area (Å²) in [4.78, 5) is 20.6. The van der Waals surface area contributed by atoms with Crippen LogP contribution in [0.5, 0.6) is 0 Å². The van der Waals surface area contributed by atoms with Crippen molar-refractivity contribution in [3.8, 4) is 11.4 Å². The lowest BCUT2D eigenvalue weighted by Gasteiger charge is -2.36. The average Bonchev–Trinajstić information content (AvgIpc) is 3.23. The number of halogens is 2. The number of nitrogens with zero attached hydrogens (tertiary/aromatic N) is 4. The highest BCUT2D eigenvalue weighted by Gasteiger charge is 2.22. The number of rotatable bonds is 6. The Morgan fingerprint density at radius 2 is 1.83 bits per heavy atom. The number of hydrogen-bond donors (Lipinski definition) is 0. The molecule has 1 amide bonds. The van der Waals surface area contributed by atoms with Gasteiger partial charge in [0.2, 0.25) is 17.6 Å². The van der Waals surface area contributed by atoms with E-state index in [1.165, 1.54) is 17.8 Å². The summed E-state index contributed by atoms with van der Waals surface area (Å²) in [5, 5.41) is 4.62. The molecule has 30 heavy (non-hydrogen) atoms. The maximum atomic E-state index is 13.9. The molecule has 0 atom stereocenters. The van der Waals surface area contributed by atoms with Crippen LogP contribution in [0.2, 0.25) is 5.02 Å².